The predicted molar refractivity (Wildman–Crippen MR) is 59.6 cm³/mol. The molecule has 0 aromatic rings. The van der Waals surface area contributed by atoms with Gasteiger partial charge < -0.3 is 28.8 Å². The van der Waals surface area contributed by atoms with Crippen molar-refractivity contribution in [3.63, 3.8) is 0 Å². The van der Waals surface area contributed by atoms with Crippen LogP contribution in [0.2, 0.25) is 0 Å². The van der Waals surface area contributed by atoms with E-state index in [0.717, 1.165) is 0 Å². The number of hydrogen-bond donors (Lipinski definition) is 1. The Morgan fingerprint density at radius 3 is 2.17 bits per heavy atom. The third kappa shape index (κ3) is 2.07. The Labute approximate surface area is 106 Å². The molecule has 3 aliphatic rings. The zero-order valence-electron chi connectivity index (χ0n) is 11.1. The molecular weight excluding hydrogens is 240 g/mol. The summed E-state index contributed by atoms with van der Waals surface area (Å²) in [5.41, 5.74) is 0. The van der Waals surface area contributed by atoms with Crippen molar-refractivity contribution in [2.75, 3.05) is 6.61 Å². The zero-order valence-corrected chi connectivity index (χ0v) is 11.1. The molecule has 3 rings (SSSR count). The molecule has 0 aromatic carbocycles. The monoisotopic (exact) mass is 260 g/mol. The average molecular weight is 260 g/mol. The Hall–Kier alpha value is -0.240. The molecule has 0 aromatic heterocycles. The molecule has 0 aliphatic carbocycles. The second kappa shape index (κ2) is 3.88. The van der Waals surface area contributed by atoms with Gasteiger partial charge in [0.25, 0.3) is 0 Å². The second-order valence-electron chi connectivity index (χ2n) is 5.92. The van der Waals surface area contributed by atoms with E-state index in [0.29, 0.717) is 6.61 Å². The van der Waals surface area contributed by atoms with Gasteiger partial charge in [0.15, 0.2) is 17.9 Å². The van der Waals surface area contributed by atoms with Gasteiger partial charge in [0.1, 0.15) is 24.4 Å². The number of aliphatic hydroxyl groups excluding tert-OH is 1. The minimum Gasteiger partial charge on any atom is -0.366 e. The Kier molecular flexibility index (Phi) is 2.75. The van der Waals surface area contributed by atoms with Crippen molar-refractivity contribution in [3.8, 4) is 0 Å². The Morgan fingerprint density at radius 1 is 0.889 bits per heavy atom. The van der Waals surface area contributed by atoms with Crippen molar-refractivity contribution in [1.82, 2.24) is 0 Å². The van der Waals surface area contributed by atoms with E-state index in [4.69, 9.17) is 23.7 Å². The molecule has 1 N–H and O–H groups in total. The van der Waals surface area contributed by atoms with Gasteiger partial charge in [-0.15, -0.1) is 0 Å². The van der Waals surface area contributed by atoms with Crippen LogP contribution in [-0.4, -0.2) is 54.0 Å². The van der Waals surface area contributed by atoms with Gasteiger partial charge >= 0.3 is 0 Å². The predicted octanol–water partition coefficient (Wildman–Crippen LogP) is 0.375. The summed E-state index contributed by atoms with van der Waals surface area (Å²) in [5, 5.41) is 9.87. The van der Waals surface area contributed by atoms with Gasteiger partial charge in [-0.3, -0.25) is 0 Å². The molecule has 3 heterocycles. The highest BCUT2D eigenvalue weighted by atomic mass is 16.8. The first-order valence-corrected chi connectivity index (χ1v) is 6.28. The number of aliphatic hydroxyl groups is 1. The van der Waals surface area contributed by atoms with Crippen molar-refractivity contribution in [1.29, 1.82) is 0 Å². The molecule has 3 aliphatic heterocycles. The van der Waals surface area contributed by atoms with Crippen molar-refractivity contribution >= 4 is 0 Å². The molecule has 104 valence electrons. The maximum atomic E-state index is 9.87. The number of ether oxygens (including phenoxy) is 5. The van der Waals surface area contributed by atoms with Crippen LogP contribution >= 0.6 is 0 Å². The van der Waals surface area contributed by atoms with Gasteiger partial charge in [-0.1, -0.05) is 0 Å². The number of hydrogen-bond acceptors (Lipinski definition) is 6. The highest BCUT2D eigenvalue weighted by Crippen LogP contribution is 2.41. The van der Waals surface area contributed by atoms with Gasteiger partial charge in [-0.2, -0.15) is 0 Å². The normalized spacial score (nSPS) is 49.5. The molecule has 3 saturated heterocycles. The maximum Gasteiger partial charge on any atom is 0.184 e. The summed E-state index contributed by atoms with van der Waals surface area (Å²) in [7, 11) is 0. The molecule has 6 nitrogen and oxygen atoms in total. The average Bonchev–Trinajstić information content (AvgIpc) is 2.81. The van der Waals surface area contributed by atoms with E-state index >= 15 is 0 Å². The van der Waals surface area contributed by atoms with Crippen LogP contribution in [-0.2, 0) is 23.7 Å². The lowest BCUT2D eigenvalue weighted by molar-refractivity contribution is -0.236. The first-order valence-electron chi connectivity index (χ1n) is 6.28. The van der Waals surface area contributed by atoms with Crippen LogP contribution in [0.3, 0.4) is 0 Å². The van der Waals surface area contributed by atoms with Crippen molar-refractivity contribution in [3.05, 3.63) is 0 Å². The molecular formula is C12H20O6. The van der Waals surface area contributed by atoms with Crippen LogP contribution in [0.25, 0.3) is 0 Å². The van der Waals surface area contributed by atoms with E-state index in [-0.39, 0.29) is 18.3 Å². The van der Waals surface area contributed by atoms with E-state index in [2.05, 4.69) is 0 Å². The fourth-order valence-electron chi connectivity index (χ4n) is 2.78. The molecule has 6 heteroatoms. The van der Waals surface area contributed by atoms with E-state index in [1.807, 2.05) is 27.7 Å². The van der Waals surface area contributed by atoms with Gasteiger partial charge in [-0.05, 0) is 27.7 Å². The van der Waals surface area contributed by atoms with Crippen molar-refractivity contribution < 1.29 is 28.8 Å². The summed E-state index contributed by atoms with van der Waals surface area (Å²) < 4.78 is 28.2. The fraction of sp³-hybridized carbons (Fsp3) is 1.00. The molecule has 5 atom stereocenters. The molecule has 4 unspecified atom stereocenters. The molecule has 18 heavy (non-hydrogen) atoms. The molecule has 0 saturated carbocycles. The standard InChI is InChI=1S/C12H20O6/c1-11(2)14-5-6(16-11)7-8-9(10(13)15-7)18-12(3,4)17-8/h6-10,13H,5H2,1-4H3/t6-,7?,8?,9?,10?/m1/s1. The Morgan fingerprint density at radius 2 is 1.56 bits per heavy atom. The van der Waals surface area contributed by atoms with E-state index in [9.17, 15) is 5.11 Å². The van der Waals surface area contributed by atoms with Gasteiger partial charge in [0, 0.05) is 0 Å². The molecule has 0 radical (unpaired) electrons. The topological polar surface area (TPSA) is 66.4 Å². The summed E-state index contributed by atoms with van der Waals surface area (Å²) in [5.74, 6) is -1.32. The first kappa shape index (κ1) is 12.8. The summed E-state index contributed by atoms with van der Waals surface area (Å²) in [6.45, 7) is 7.78. The van der Waals surface area contributed by atoms with Crippen LogP contribution in [0, 0.1) is 0 Å². The third-order valence-electron chi connectivity index (χ3n) is 3.46. The lowest BCUT2D eigenvalue weighted by atomic mass is 10.1. The molecule has 3 fully saturated rings. The smallest absolute Gasteiger partial charge is 0.184 e. The highest BCUT2D eigenvalue weighted by molar-refractivity contribution is 4.99. The third-order valence-corrected chi connectivity index (χ3v) is 3.46. The highest BCUT2D eigenvalue weighted by Gasteiger charge is 2.58. The van der Waals surface area contributed by atoms with Crippen molar-refractivity contribution in [2.45, 2.75) is 70.0 Å². The molecule has 0 bridgehead atoms. The quantitative estimate of drug-likeness (QED) is 0.735. The van der Waals surface area contributed by atoms with Gasteiger partial charge in [0.2, 0.25) is 0 Å². The van der Waals surface area contributed by atoms with Gasteiger partial charge in [0.05, 0.1) is 6.61 Å². The van der Waals surface area contributed by atoms with Crippen LogP contribution in [0.4, 0.5) is 0 Å². The van der Waals surface area contributed by atoms with E-state index < -0.39 is 24.0 Å². The van der Waals surface area contributed by atoms with E-state index in [1.165, 1.54) is 0 Å². The lowest BCUT2D eigenvalue weighted by Crippen LogP contribution is -2.40. The maximum absolute atomic E-state index is 9.87. The minimum atomic E-state index is -0.978. The summed E-state index contributed by atoms with van der Waals surface area (Å²) in [6.07, 6.45) is -2.38. The van der Waals surface area contributed by atoms with E-state index in [1.54, 1.807) is 0 Å². The number of fused-ring (bicyclic) bond motifs is 1. The van der Waals surface area contributed by atoms with Crippen LogP contribution in [0.15, 0.2) is 0 Å². The fourth-order valence-corrected chi connectivity index (χ4v) is 2.78. The van der Waals surface area contributed by atoms with Crippen molar-refractivity contribution in [2.24, 2.45) is 0 Å². The largest absolute Gasteiger partial charge is 0.366 e. The molecule has 0 amide bonds. The summed E-state index contributed by atoms with van der Waals surface area (Å²) in [6, 6.07) is 0. The van der Waals surface area contributed by atoms with Crippen LogP contribution in [0.5, 0.6) is 0 Å². The second-order valence-corrected chi connectivity index (χ2v) is 5.92. The lowest BCUT2D eigenvalue weighted by Gasteiger charge is -2.26. The minimum absolute atomic E-state index is 0.248. The SMILES string of the molecule is CC1(C)OC2C(O)OC([C@H]3COC(C)(C)O3)C2O1. The summed E-state index contributed by atoms with van der Waals surface area (Å²) in [4.78, 5) is 0. The van der Waals surface area contributed by atoms with Crippen LogP contribution in [0.1, 0.15) is 27.7 Å². The Bertz CT molecular complexity index is 341. The first-order chi connectivity index (χ1) is 8.27. The van der Waals surface area contributed by atoms with Gasteiger partial charge in [-0.25, -0.2) is 0 Å². The Balaban J connectivity index is 1.75. The molecule has 0 spiro atoms. The number of rotatable bonds is 1. The summed E-state index contributed by atoms with van der Waals surface area (Å²) >= 11 is 0. The zero-order chi connectivity index (χ0) is 13.1. The van der Waals surface area contributed by atoms with Crippen LogP contribution < -0.4 is 0 Å².